The summed E-state index contributed by atoms with van der Waals surface area (Å²) in [5.74, 6) is 0.929. The van der Waals surface area contributed by atoms with Crippen LogP contribution < -0.4 is 10.6 Å². The summed E-state index contributed by atoms with van der Waals surface area (Å²) in [5, 5.41) is 7.46. The van der Waals surface area contributed by atoms with E-state index in [1.807, 2.05) is 12.1 Å². The molecule has 2 heterocycles. The van der Waals surface area contributed by atoms with Crippen LogP contribution in [-0.2, 0) is 0 Å². The molecule has 5 heteroatoms. The minimum absolute atomic E-state index is 0.0241. The van der Waals surface area contributed by atoms with Gasteiger partial charge in [0, 0.05) is 26.2 Å². The lowest BCUT2D eigenvalue weighted by molar-refractivity contribution is 0.220. The Labute approximate surface area is 114 Å². The Kier molecular flexibility index (Phi) is 4.37. The first-order chi connectivity index (χ1) is 9.11. The smallest absolute Gasteiger partial charge is 0.141 e. The van der Waals surface area contributed by atoms with E-state index in [-0.39, 0.29) is 5.84 Å². The van der Waals surface area contributed by atoms with Crippen LogP contribution in [0, 0.1) is 5.41 Å². The minimum Gasteiger partial charge on any atom is -0.382 e. The zero-order chi connectivity index (χ0) is 13.8. The van der Waals surface area contributed by atoms with Gasteiger partial charge in [0.2, 0.25) is 0 Å². The van der Waals surface area contributed by atoms with Crippen molar-refractivity contribution in [3.05, 3.63) is 23.9 Å². The fourth-order valence-corrected chi connectivity index (χ4v) is 2.58. The van der Waals surface area contributed by atoms with Gasteiger partial charge in [-0.3, -0.25) is 5.41 Å². The normalized spacial score (nSPS) is 17.4. The molecule has 0 saturated carbocycles. The number of nitrogens with zero attached hydrogens (tertiary/aromatic N) is 3. The summed E-state index contributed by atoms with van der Waals surface area (Å²) >= 11 is 0. The molecule has 19 heavy (non-hydrogen) atoms. The Morgan fingerprint density at radius 1 is 1.47 bits per heavy atom. The van der Waals surface area contributed by atoms with Crippen LogP contribution >= 0.6 is 0 Å². The standard InChI is InChI=1S/C14H23N5/c1-3-19-9-7-11(8-10-19)18(2)13-6-4-5-12(17-13)14(15)16/h4-6,11H,3,7-10H2,1-2H3,(H3,15,16). The first-order valence-corrected chi connectivity index (χ1v) is 6.88. The zero-order valence-corrected chi connectivity index (χ0v) is 11.8. The SMILES string of the molecule is CCN1CCC(N(C)c2cccc(C(=N)N)n2)CC1. The molecule has 1 saturated heterocycles. The Morgan fingerprint density at radius 2 is 2.16 bits per heavy atom. The molecule has 5 nitrogen and oxygen atoms in total. The van der Waals surface area contributed by atoms with Gasteiger partial charge in [0.1, 0.15) is 17.3 Å². The molecule has 2 rings (SSSR count). The van der Waals surface area contributed by atoms with Crippen molar-refractivity contribution in [3.8, 4) is 0 Å². The van der Waals surface area contributed by atoms with Crippen molar-refractivity contribution < 1.29 is 0 Å². The van der Waals surface area contributed by atoms with Crippen molar-refractivity contribution >= 4 is 11.7 Å². The number of likely N-dealkylation sites (tertiary alicyclic amines) is 1. The van der Waals surface area contributed by atoms with E-state index < -0.39 is 0 Å². The number of nitrogens with one attached hydrogen (secondary N) is 1. The second-order valence-electron chi connectivity index (χ2n) is 5.07. The number of hydrogen-bond acceptors (Lipinski definition) is 4. The number of pyridine rings is 1. The van der Waals surface area contributed by atoms with Gasteiger partial charge in [-0.05, 0) is 31.5 Å². The molecule has 1 fully saturated rings. The summed E-state index contributed by atoms with van der Waals surface area (Å²) in [7, 11) is 2.08. The van der Waals surface area contributed by atoms with Crippen LogP contribution in [0.3, 0.4) is 0 Å². The summed E-state index contributed by atoms with van der Waals surface area (Å²) in [5.41, 5.74) is 6.04. The number of aromatic nitrogens is 1. The Balaban J connectivity index is 2.05. The molecule has 0 aliphatic carbocycles. The average Bonchev–Trinajstić information content (AvgIpc) is 2.46. The van der Waals surface area contributed by atoms with Crippen LogP contribution in [0.1, 0.15) is 25.5 Å². The Bertz CT molecular complexity index is 437. The van der Waals surface area contributed by atoms with E-state index >= 15 is 0 Å². The van der Waals surface area contributed by atoms with Gasteiger partial charge in [0.05, 0.1) is 0 Å². The predicted molar refractivity (Wildman–Crippen MR) is 78.8 cm³/mol. The van der Waals surface area contributed by atoms with Crippen molar-refractivity contribution in [2.24, 2.45) is 5.73 Å². The molecule has 0 spiro atoms. The quantitative estimate of drug-likeness (QED) is 0.633. The largest absolute Gasteiger partial charge is 0.382 e. The molecular formula is C14H23N5. The van der Waals surface area contributed by atoms with Crippen molar-refractivity contribution in [2.45, 2.75) is 25.8 Å². The number of anilines is 1. The van der Waals surface area contributed by atoms with Gasteiger partial charge in [-0.2, -0.15) is 0 Å². The van der Waals surface area contributed by atoms with Gasteiger partial charge in [-0.1, -0.05) is 13.0 Å². The third-order valence-electron chi connectivity index (χ3n) is 3.92. The third kappa shape index (κ3) is 3.23. The van der Waals surface area contributed by atoms with Crippen LogP contribution in [0.4, 0.5) is 5.82 Å². The number of nitrogen functional groups attached to an aromatic ring is 1. The van der Waals surface area contributed by atoms with Gasteiger partial charge < -0.3 is 15.5 Å². The topological polar surface area (TPSA) is 69.2 Å². The molecule has 0 aromatic carbocycles. The van der Waals surface area contributed by atoms with Crippen LogP contribution in [-0.4, -0.2) is 48.4 Å². The van der Waals surface area contributed by atoms with Gasteiger partial charge in [-0.15, -0.1) is 0 Å². The number of rotatable bonds is 4. The highest BCUT2D eigenvalue weighted by Crippen LogP contribution is 2.20. The molecule has 0 atom stereocenters. The molecule has 1 aromatic rings. The molecule has 0 unspecified atom stereocenters. The second kappa shape index (κ2) is 6.02. The summed E-state index contributed by atoms with van der Waals surface area (Å²) in [6.45, 7) is 5.65. The molecule has 1 aromatic heterocycles. The van der Waals surface area contributed by atoms with Crippen LogP contribution in [0.25, 0.3) is 0 Å². The lowest BCUT2D eigenvalue weighted by atomic mass is 10.0. The number of hydrogen-bond donors (Lipinski definition) is 2. The first kappa shape index (κ1) is 13.8. The van der Waals surface area contributed by atoms with E-state index in [0.717, 1.165) is 38.3 Å². The Hall–Kier alpha value is -1.62. The maximum Gasteiger partial charge on any atom is 0.141 e. The van der Waals surface area contributed by atoms with Crippen molar-refractivity contribution in [1.29, 1.82) is 5.41 Å². The fourth-order valence-electron chi connectivity index (χ4n) is 2.58. The van der Waals surface area contributed by atoms with E-state index in [4.69, 9.17) is 11.1 Å². The highest BCUT2D eigenvalue weighted by atomic mass is 15.2. The van der Waals surface area contributed by atoms with E-state index in [2.05, 4.69) is 28.8 Å². The molecule has 3 N–H and O–H groups in total. The van der Waals surface area contributed by atoms with Crippen molar-refractivity contribution in [3.63, 3.8) is 0 Å². The Morgan fingerprint density at radius 3 is 2.74 bits per heavy atom. The van der Waals surface area contributed by atoms with Crippen LogP contribution in [0.15, 0.2) is 18.2 Å². The maximum atomic E-state index is 7.46. The molecule has 0 amide bonds. The number of amidine groups is 1. The third-order valence-corrected chi connectivity index (χ3v) is 3.92. The molecule has 0 radical (unpaired) electrons. The predicted octanol–water partition coefficient (Wildman–Crippen LogP) is 1.29. The lowest BCUT2D eigenvalue weighted by Crippen LogP contribution is -2.43. The van der Waals surface area contributed by atoms with Gasteiger partial charge in [0.15, 0.2) is 0 Å². The van der Waals surface area contributed by atoms with Gasteiger partial charge >= 0.3 is 0 Å². The van der Waals surface area contributed by atoms with Gasteiger partial charge in [0.25, 0.3) is 0 Å². The molecule has 0 bridgehead atoms. The monoisotopic (exact) mass is 261 g/mol. The van der Waals surface area contributed by atoms with E-state index in [0.29, 0.717) is 11.7 Å². The summed E-state index contributed by atoms with van der Waals surface area (Å²) < 4.78 is 0. The van der Waals surface area contributed by atoms with Crippen LogP contribution in [0.2, 0.25) is 0 Å². The molecular weight excluding hydrogens is 238 g/mol. The molecule has 104 valence electrons. The maximum absolute atomic E-state index is 7.46. The first-order valence-electron chi connectivity index (χ1n) is 6.88. The van der Waals surface area contributed by atoms with Crippen molar-refractivity contribution in [2.75, 3.05) is 31.6 Å². The minimum atomic E-state index is 0.0241. The second-order valence-corrected chi connectivity index (χ2v) is 5.07. The molecule has 1 aliphatic heterocycles. The van der Waals surface area contributed by atoms with Crippen molar-refractivity contribution in [1.82, 2.24) is 9.88 Å². The summed E-state index contributed by atoms with van der Waals surface area (Å²) in [4.78, 5) is 9.15. The highest BCUT2D eigenvalue weighted by molar-refractivity contribution is 5.93. The van der Waals surface area contributed by atoms with E-state index in [1.165, 1.54) is 0 Å². The zero-order valence-electron chi connectivity index (χ0n) is 11.8. The van der Waals surface area contributed by atoms with E-state index in [9.17, 15) is 0 Å². The number of nitrogens with two attached hydrogens (primary N) is 1. The average molecular weight is 261 g/mol. The van der Waals surface area contributed by atoms with Gasteiger partial charge in [-0.25, -0.2) is 4.98 Å². The lowest BCUT2D eigenvalue weighted by Gasteiger charge is -2.36. The highest BCUT2D eigenvalue weighted by Gasteiger charge is 2.22. The van der Waals surface area contributed by atoms with E-state index in [1.54, 1.807) is 6.07 Å². The molecule has 1 aliphatic rings. The summed E-state index contributed by atoms with van der Waals surface area (Å²) in [6.07, 6.45) is 2.33. The fraction of sp³-hybridized carbons (Fsp3) is 0.571. The number of piperidine rings is 1. The van der Waals surface area contributed by atoms with Crippen LogP contribution in [0.5, 0.6) is 0 Å². The summed E-state index contributed by atoms with van der Waals surface area (Å²) in [6, 6.07) is 6.20.